The van der Waals surface area contributed by atoms with Crippen molar-refractivity contribution < 1.29 is 23.1 Å². The number of benzene rings is 2. The lowest BCUT2D eigenvalue weighted by atomic mass is 10.0. The molecule has 0 unspecified atom stereocenters. The minimum Gasteiger partial charge on any atom is -0.488 e. The zero-order chi connectivity index (χ0) is 26.7. The monoisotopic (exact) mass is 529 g/mol. The van der Waals surface area contributed by atoms with Gasteiger partial charge in [-0.2, -0.15) is 0 Å². The summed E-state index contributed by atoms with van der Waals surface area (Å²) in [6.45, 7) is 7.90. The topological polar surface area (TPSA) is 99.2 Å². The minimum absolute atomic E-state index is 0.0327. The average Bonchev–Trinajstić information content (AvgIpc) is 3.65. The maximum absolute atomic E-state index is 13.4. The van der Waals surface area contributed by atoms with E-state index in [1.165, 1.54) is 12.8 Å². The molecule has 0 aromatic heterocycles. The molecular weight excluding hydrogens is 490 g/mol. The standard InChI is InChI=1S/C28H39N3O5S/c1-19-5-10-25(11-6-19)37(34,35)29-24-9-12-26-23(13-24)14-28(33)31(21(3)18-32)15-20(2)27(36-26)17-30(4)16-22-7-8-22/h5-6,9-13,20-22,27,29,32H,7-8,14-18H2,1-4H3/t20-,21+,27+/m1/s1. The van der Waals surface area contributed by atoms with Crippen LogP contribution < -0.4 is 9.46 Å². The van der Waals surface area contributed by atoms with Crippen molar-refractivity contribution in [2.24, 2.45) is 11.8 Å². The molecule has 0 radical (unpaired) electrons. The van der Waals surface area contributed by atoms with Gasteiger partial charge in [0, 0.05) is 36.8 Å². The van der Waals surface area contributed by atoms with Crippen molar-refractivity contribution in [2.75, 3.05) is 38.0 Å². The first-order valence-electron chi connectivity index (χ1n) is 13.0. The smallest absolute Gasteiger partial charge is 0.261 e. The summed E-state index contributed by atoms with van der Waals surface area (Å²) in [5.41, 5.74) is 1.96. The Bertz CT molecular complexity index is 1200. The van der Waals surface area contributed by atoms with Crippen LogP contribution in [0.5, 0.6) is 5.75 Å². The number of anilines is 1. The summed E-state index contributed by atoms with van der Waals surface area (Å²) in [6.07, 6.45) is 2.42. The van der Waals surface area contributed by atoms with Gasteiger partial charge in [0.25, 0.3) is 10.0 Å². The number of carbonyl (C=O) groups excluding carboxylic acids is 1. The van der Waals surface area contributed by atoms with Crippen molar-refractivity contribution in [3.8, 4) is 5.75 Å². The summed E-state index contributed by atoms with van der Waals surface area (Å²) in [5, 5.41) is 9.82. The van der Waals surface area contributed by atoms with Crippen molar-refractivity contribution in [3.63, 3.8) is 0 Å². The molecule has 2 aliphatic rings. The molecule has 37 heavy (non-hydrogen) atoms. The second-order valence-electron chi connectivity index (χ2n) is 10.8. The first-order valence-corrected chi connectivity index (χ1v) is 14.5. The summed E-state index contributed by atoms with van der Waals surface area (Å²) in [4.78, 5) is 17.6. The normalized spacial score (nSPS) is 21.5. The van der Waals surface area contributed by atoms with E-state index in [0.29, 0.717) is 30.1 Å². The number of hydrogen-bond donors (Lipinski definition) is 2. The van der Waals surface area contributed by atoms with Gasteiger partial charge in [0.1, 0.15) is 11.9 Å². The second kappa shape index (κ2) is 11.4. The summed E-state index contributed by atoms with van der Waals surface area (Å²) in [7, 11) is -1.69. The van der Waals surface area contributed by atoms with E-state index < -0.39 is 10.0 Å². The number of aliphatic hydroxyl groups is 1. The van der Waals surface area contributed by atoms with Gasteiger partial charge >= 0.3 is 0 Å². The predicted octanol–water partition coefficient (Wildman–Crippen LogP) is 3.29. The van der Waals surface area contributed by atoms with Crippen molar-refractivity contribution in [3.05, 3.63) is 53.6 Å². The lowest BCUT2D eigenvalue weighted by Gasteiger charge is -2.34. The highest BCUT2D eigenvalue weighted by Gasteiger charge is 2.32. The number of nitrogens with one attached hydrogen (secondary N) is 1. The molecule has 1 amide bonds. The highest BCUT2D eigenvalue weighted by atomic mass is 32.2. The van der Waals surface area contributed by atoms with E-state index in [-0.39, 0.29) is 41.9 Å². The maximum Gasteiger partial charge on any atom is 0.261 e. The van der Waals surface area contributed by atoms with Gasteiger partial charge in [-0.05, 0) is 70.0 Å². The lowest BCUT2D eigenvalue weighted by molar-refractivity contribution is -0.134. The van der Waals surface area contributed by atoms with Gasteiger partial charge in [-0.1, -0.05) is 24.6 Å². The van der Waals surface area contributed by atoms with Crippen LogP contribution in [0.1, 0.15) is 37.8 Å². The number of carbonyl (C=O) groups is 1. The molecule has 1 heterocycles. The van der Waals surface area contributed by atoms with Gasteiger partial charge in [0.05, 0.1) is 24.0 Å². The Morgan fingerprint density at radius 1 is 1.16 bits per heavy atom. The Labute approximate surface area is 220 Å². The Kier molecular flexibility index (Phi) is 8.46. The van der Waals surface area contributed by atoms with E-state index in [1.54, 1.807) is 47.4 Å². The number of hydrogen-bond acceptors (Lipinski definition) is 6. The fourth-order valence-corrected chi connectivity index (χ4v) is 5.81. The molecule has 1 aliphatic heterocycles. The number of sulfonamides is 1. The fraction of sp³-hybridized carbons (Fsp3) is 0.536. The Hall–Kier alpha value is -2.62. The number of nitrogens with zero attached hydrogens (tertiary/aromatic N) is 2. The van der Waals surface area contributed by atoms with Crippen LogP contribution in [0.3, 0.4) is 0 Å². The molecule has 0 saturated heterocycles. The van der Waals surface area contributed by atoms with Crippen LogP contribution in [0.15, 0.2) is 47.4 Å². The second-order valence-corrected chi connectivity index (χ2v) is 12.5. The highest BCUT2D eigenvalue weighted by molar-refractivity contribution is 7.92. The van der Waals surface area contributed by atoms with Crippen LogP contribution in [0, 0.1) is 18.8 Å². The number of fused-ring (bicyclic) bond motifs is 1. The molecule has 1 aliphatic carbocycles. The van der Waals surface area contributed by atoms with Crippen molar-refractivity contribution in [1.82, 2.24) is 9.80 Å². The van der Waals surface area contributed by atoms with Crippen LogP contribution in [0.2, 0.25) is 0 Å². The summed E-state index contributed by atoms with van der Waals surface area (Å²) >= 11 is 0. The zero-order valence-corrected chi connectivity index (χ0v) is 23.0. The van der Waals surface area contributed by atoms with Crippen molar-refractivity contribution in [1.29, 1.82) is 0 Å². The molecule has 9 heteroatoms. The third-order valence-corrected chi connectivity index (χ3v) is 8.66. The molecule has 202 valence electrons. The van der Waals surface area contributed by atoms with Crippen LogP contribution >= 0.6 is 0 Å². The predicted molar refractivity (Wildman–Crippen MR) is 144 cm³/mol. The Balaban J connectivity index is 1.63. The number of ether oxygens (including phenoxy) is 1. The highest BCUT2D eigenvalue weighted by Crippen LogP contribution is 2.32. The molecule has 1 fully saturated rings. The molecular formula is C28H39N3O5S. The van der Waals surface area contributed by atoms with Crippen LogP contribution in [0.4, 0.5) is 5.69 Å². The van der Waals surface area contributed by atoms with Crippen LogP contribution in [-0.2, 0) is 21.2 Å². The third kappa shape index (κ3) is 7.03. The SMILES string of the molecule is Cc1ccc(S(=O)(=O)Nc2ccc3c(c2)CC(=O)N([C@@H](C)CO)C[C@@H](C)[C@H](CN(C)CC2CC2)O3)cc1. The number of rotatable bonds is 9. The summed E-state index contributed by atoms with van der Waals surface area (Å²) in [5.74, 6) is 1.25. The van der Waals surface area contributed by atoms with E-state index >= 15 is 0 Å². The zero-order valence-electron chi connectivity index (χ0n) is 22.2. The third-order valence-electron chi connectivity index (χ3n) is 7.26. The molecule has 3 atom stereocenters. The van der Waals surface area contributed by atoms with Crippen LogP contribution in [-0.4, -0.2) is 74.7 Å². The summed E-state index contributed by atoms with van der Waals surface area (Å²) in [6, 6.07) is 11.4. The average molecular weight is 530 g/mol. The van der Waals surface area contributed by atoms with E-state index in [0.717, 1.165) is 18.0 Å². The molecule has 0 bridgehead atoms. The fourth-order valence-electron chi connectivity index (χ4n) is 4.77. The van der Waals surface area contributed by atoms with Crippen molar-refractivity contribution >= 4 is 21.6 Å². The number of likely N-dealkylation sites (N-methyl/N-ethyl adjacent to an activating group) is 1. The molecule has 0 spiro atoms. The molecule has 2 N–H and O–H groups in total. The van der Waals surface area contributed by atoms with Gasteiger partial charge in [-0.25, -0.2) is 8.42 Å². The Morgan fingerprint density at radius 3 is 2.51 bits per heavy atom. The molecule has 2 aromatic rings. The van der Waals surface area contributed by atoms with Gasteiger partial charge < -0.3 is 19.6 Å². The molecule has 2 aromatic carbocycles. The molecule has 1 saturated carbocycles. The van der Waals surface area contributed by atoms with Crippen molar-refractivity contribution in [2.45, 2.75) is 57.1 Å². The lowest BCUT2D eigenvalue weighted by Crippen LogP contribution is -2.47. The first kappa shape index (κ1) is 27.4. The van der Waals surface area contributed by atoms with Gasteiger partial charge in [0.2, 0.25) is 5.91 Å². The van der Waals surface area contributed by atoms with Gasteiger partial charge in [-0.15, -0.1) is 0 Å². The minimum atomic E-state index is -3.79. The van der Waals surface area contributed by atoms with E-state index in [2.05, 4.69) is 23.6 Å². The molecule has 8 nitrogen and oxygen atoms in total. The molecule has 4 rings (SSSR count). The summed E-state index contributed by atoms with van der Waals surface area (Å²) < 4.78 is 35.1. The Morgan fingerprint density at radius 2 is 1.86 bits per heavy atom. The van der Waals surface area contributed by atoms with Gasteiger partial charge in [-0.3, -0.25) is 9.52 Å². The first-order chi connectivity index (χ1) is 17.6. The quantitative estimate of drug-likeness (QED) is 0.517. The number of aliphatic hydroxyl groups excluding tert-OH is 1. The number of amides is 1. The van der Waals surface area contributed by atoms with Crippen LogP contribution in [0.25, 0.3) is 0 Å². The van der Waals surface area contributed by atoms with E-state index in [4.69, 9.17) is 4.74 Å². The van der Waals surface area contributed by atoms with E-state index in [9.17, 15) is 18.3 Å². The number of aryl methyl sites for hydroxylation is 1. The largest absolute Gasteiger partial charge is 0.488 e. The van der Waals surface area contributed by atoms with E-state index in [1.807, 2.05) is 13.8 Å². The maximum atomic E-state index is 13.4. The van der Waals surface area contributed by atoms with Gasteiger partial charge in [0.15, 0.2) is 0 Å².